The van der Waals surface area contributed by atoms with E-state index in [2.05, 4.69) is 46.6 Å². The average molecular weight is 556 g/mol. The molecule has 1 aliphatic heterocycles. The number of rotatable bonds is 9. The highest BCUT2D eigenvalue weighted by Gasteiger charge is 2.21. The minimum atomic E-state index is -0.365. The molecule has 214 valence electrons. The first-order valence-corrected chi connectivity index (χ1v) is 13.8. The first-order valence-electron chi connectivity index (χ1n) is 13.8. The Morgan fingerprint density at radius 3 is 2.24 bits per heavy atom. The zero-order valence-corrected chi connectivity index (χ0v) is 23.8. The van der Waals surface area contributed by atoms with Gasteiger partial charge in [-0.15, -0.1) is 0 Å². The van der Waals surface area contributed by atoms with Crippen LogP contribution in [0.25, 0.3) is 5.69 Å². The standard InChI is InChI=1S/C31H37N7O3/c1-31(2,3)28-22-29(35-30(39)34-24-6-10-26(11-7-24)41-27-12-14-32-15-13-27)38(36-28)25-8-4-23(5-9-25)33-16-17-37-18-20-40-21-19-37/h4-15,22,33H,16-21H2,1-3H3,(H2,34,35,39). The van der Waals surface area contributed by atoms with E-state index < -0.39 is 0 Å². The summed E-state index contributed by atoms with van der Waals surface area (Å²) in [6, 6.07) is 20.4. The molecule has 5 rings (SSSR count). The van der Waals surface area contributed by atoms with Gasteiger partial charge in [0, 0.05) is 61.4 Å². The van der Waals surface area contributed by atoms with Crippen LogP contribution in [0.3, 0.4) is 0 Å². The lowest BCUT2D eigenvalue weighted by molar-refractivity contribution is 0.0398. The number of urea groups is 1. The van der Waals surface area contributed by atoms with Gasteiger partial charge in [0.15, 0.2) is 0 Å². The Morgan fingerprint density at radius 2 is 1.56 bits per heavy atom. The van der Waals surface area contributed by atoms with Crippen molar-refractivity contribution in [1.29, 1.82) is 0 Å². The number of nitrogens with zero attached hydrogens (tertiary/aromatic N) is 4. The summed E-state index contributed by atoms with van der Waals surface area (Å²) in [5.41, 5.74) is 3.21. The summed E-state index contributed by atoms with van der Waals surface area (Å²) in [4.78, 5) is 19.4. The normalized spacial score (nSPS) is 13.9. The van der Waals surface area contributed by atoms with Crippen LogP contribution in [0.1, 0.15) is 26.5 Å². The number of hydrogen-bond acceptors (Lipinski definition) is 7. The third kappa shape index (κ3) is 7.84. The third-order valence-corrected chi connectivity index (χ3v) is 6.69. The number of hydrogen-bond donors (Lipinski definition) is 3. The van der Waals surface area contributed by atoms with Crippen LogP contribution in [0.4, 0.5) is 22.0 Å². The summed E-state index contributed by atoms with van der Waals surface area (Å²) in [6.45, 7) is 11.7. The SMILES string of the molecule is CC(C)(C)c1cc(NC(=O)Nc2ccc(Oc3ccncc3)cc2)n(-c2ccc(NCCN3CCOCC3)cc2)n1. The summed E-state index contributed by atoms with van der Waals surface area (Å²) in [6.07, 6.45) is 3.34. The van der Waals surface area contributed by atoms with Gasteiger partial charge in [-0.05, 0) is 60.7 Å². The average Bonchev–Trinajstić information content (AvgIpc) is 3.40. The zero-order valence-electron chi connectivity index (χ0n) is 23.8. The van der Waals surface area contributed by atoms with Crippen LogP contribution in [-0.4, -0.2) is 65.1 Å². The number of benzene rings is 2. The lowest BCUT2D eigenvalue weighted by atomic mass is 9.92. The van der Waals surface area contributed by atoms with Crippen molar-refractivity contribution < 1.29 is 14.3 Å². The fraction of sp³-hybridized carbons (Fsp3) is 0.323. The molecule has 0 saturated carbocycles. The van der Waals surface area contributed by atoms with Crippen LogP contribution >= 0.6 is 0 Å². The monoisotopic (exact) mass is 555 g/mol. The highest BCUT2D eigenvalue weighted by molar-refractivity contribution is 5.99. The minimum absolute atomic E-state index is 0.191. The van der Waals surface area contributed by atoms with Gasteiger partial charge in [-0.3, -0.25) is 15.2 Å². The summed E-state index contributed by atoms with van der Waals surface area (Å²) in [7, 11) is 0. The molecule has 3 N–H and O–H groups in total. The molecule has 4 aromatic rings. The molecule has 2 aromatic carbocycles. The highest BCUT2D eigenvalue weighted by atomic mass is 16.5. The molecule has 10 nitrogen and oxygen atoms in total. The van der Waals surface area contributed by atoms with Crippen molar-refractivity contribution in [3.05, 3.63) is 84.8 Å². The molecule has 0 spiro atoms. The van der Waals surface area contributed by atoms with Crippen LogP contribution in [0.5, 0.6) is 11.5 Å². The molecule has 10 heteroatoms. The van der Waals surface area contributed by atoms with E-state index in [9.17, 15) is 4.79 Å². The number of ether oxygens (including phenoxy) is 2. The maximum atomic E-state index is 13.0. The zero-order chi connectivity index (χ0) is 28.7. The Bertz CT molecular complexity index is 1410. The molecule has 0 aliphatic carbocycles. The van der Waals surface area contributed by atoms with Gasteiger partial charge in [-0.1, -0.05) is 20.8 Å². The molecule has 41 heavy (non-hydrogen) atoms. The molecule has 1 aliphatic rings. The second-order valence-corrected chi connectivity index (χ2v) is 10.9. The number of aromatic nitrogens is 3. The number of pyridine rings is 1. The molecule has 0 unspecified atom stereocenters. The van der Waals surface area contributed by atoms with E-state index in [1.807, 2.05) is 30.3 Å². The Balaban J connectivity index is 1.23. The van der Waals surface area contributed by atoms with Crippen LogP contribution < -0.4 is 20.7 Å². The molecule has 0 atom stereocenters. The summed E-state index contributed by atoms with van der Waals surface area (Å²) in [5.74, 6) is 1.94. The molecule has 1 fully saturated rings. The van der Waals surface area contributed by atoms with Crippen molar-refractivity contribution in [3.63, 3.8) is 0 Å². The third-order valence-electron chi connectivity index (χ3n) is 6.69. The number of carbonyl (C=O) groups excluding carboxylic acids is 1. The van der Waals surface area contributed by atoms with Gasteiger partial charge in [0.1, 0.15) is 17.3 Å². The minimum Gasteiger partial charge on any atom is -0.457 e. The van der Waals surface area contributed by atoms with E-state index >= 15 is 0 Å². The fourth-order valence-electron chi connectivity index (χ4n) is 4.36. The first-order chi connectivity index (χ1) is 19.8. The van der Waals surface area contributed by atoms with Gasteiger partial charge >= 0.3 is 6.03 Å². The molecule has 2 amide bonds. The summed E-state index contributed by atoms with van der Waals surface area (Å²) in [5, 5.41) is 14.2. The molecule has 0 radical (unpaired) electrons. The maximum Gasteiger partial charge on any atom is 0.324 e. The van der Waals surface area contributed by atoms with Crippen molar-refractivity contribution >= 4 is 23.2 Å². The van der Waals surface area contributed by atoms with Crippen molar-refractivity contribution in [2.45, 2.75) is 26.2 Å². The smallest absolute Gasteiger partial charge is 0.324 e. The van der Waals surface area contributed by atoms with Gasteiger partial charge in [0.2, 0.25) is 0 Å². The van der Waals surface area contributed by atoms with Crippen LogP contribution in [0.15, 0.2) is 79.1 Å². The molecule has 3 heterocycles. The maximum absolute atomic E-state index is 13.0. The van der Waals surface area contributed by atoms with Gasteiger partial charge in [-0.25, -0.2) is 9.48 Å². The lowest BCUT2D eigenvalue weighted by Gasteiger charge is -2.26. The van der Waals surface area contributed by atoms with E-state index in [-0.39, 0.29) is 11.4 Å². The predicted molar refractivity (Wildman–Crippen MR) is 161 cm³/mol. The Kier molecular flexibility index (Phi) is 8.81. The topological polar surface area (TPSA) is 106 Å². The van der Waals surface area contributed by atoms with E-state index in [0.717, 1.165) is 56.5 Å². The van der Waals surface area contributed by atoms with Crippen LogP contribution in [0, 0.1) is 0 Å². The number of anilines is 3. The van der Waals surface area contributed by atoms with Crippen LogP contribution in [-0.2, 0) is 10.2 Å². The van der Waals surface area contributed by atoms with Crippen molar-refractivity contribution in [3.8, 4) is 17.2 Å². The highest BCUT2D eigenvalue weighted by Crippen LogP contribution is 2.27. The largest absolute Gasteiger partial charge is 0.457 e. The fourth-order valence-corrected chi connectivity index (χ4v) is 4.36. The van der Waals surface area contributed by atoms with Crippen molar-refractivity contribution in [2.75, 3.05) is 55.3 Å². The van der Waals surface area contributed by atoms with E-state index in [1.165, 1.54) is 0 Å². The number of nitrogens with one attached hydrogen (secondary N) is 3. The summed E-state index contributed by atoms with van der Waals surface area (Å²) < 4.78 is 13.0. The van der Waals surface area contributed by atoms with Gasteiger partial charge in [-0.2, -0.15) is 5.10 Å². The number of morpholine rings is 1. The van der Waals surface area contributed by atoms with Gasteiger partial charge in [0.05, 0.1) is 24.6 Å². The molecule has 0 bridgehead atoms. The van der Waals surface area contributed by atoms with Crippen molar-refractivity contribution in [2.24, 2.45) is 0 Å². The predicted octanol–water partition coefficient (Wildman–Crippen LogP) is 5.75. The second kappa shape index (κ2) is 12.8. The van der Waals surface area contributed by atoms with Crippen LogP contribution in [0.2, 0.25) is 0 Å². The van der Waals surface area contributed by atoms with Gasteiger partial charge in [0.25, 0.3) is 0 Å². The lowest BCUT2D eigenvalue weighted by Crippen LogP contribution is -2.38. The molecular formula is C31H37N7O3. The van der Waals surface area contributed by atoms with E-state index in [4.69, 9.17) is 14.6 Å². The molecule has 1 saturated heterocycles. The Hall–Kier alpha value is -4.41. The molecular weight excluding hydrogens is 518 g/mol. The Labute approximate surface area is 240 Å². The Morgan fingerprint density at radius 1 is 0.902 bits per heavy atom. The summed E-state index contributed by atoms with van der Waals surface area (Å²) >= 11 is 0. The second-order valence-electron chi connectivity index (χ2n) is 10.9. The number of carbonyl (C=O) groups is 1. The quantitative estimate of drug-likeness (QED) is 0.242. The van der Waals surface area contributed by atoms with Crippen molar-refractivity contribution in [1.82, 2.24) is 19.7 Å². The van der Waals surface area contributed by atoms with E-state index in [0.29, 0.717) is 23.0 Å². The van der Waals surface area contributed by atoms with E-state index in [1.54, 1.807) is 53.5 Å². The van der Waals surface area contributed by atoms with Gasteiger partial charge < -0.3 is 20.1 Å². The first kappa shape index (κ1) is 28.1. The molecule has 2 aromatic heterocycles. The number of amides is 2.